The molecule has 4 aliphatic carbocycles. The molecule has 0 amide bonds. The molecule has 4 aliphatic rings. The van der Waals surface area contributed by atoms with E-state index in [4.69, 9.17) is 0 Å². The maximum Gasteiger partial charge on any atom is 0.152 e. The molecule has 1 N–H and O–H groups in total. The van der Waals surface area contributed by atoms with Gasteiger partial charge in [-0.1, -0.05) is 29.8 Å². The van der Waals surface area contributed by atoms with Crippen molar-refractivity contribution >= 4 is 21.7 Å². The summed E-state index contributed by atoms with van der Waals surface area (Å²) in [6.45, 7) is 4.75. The highest BCUT2D eigenvalue weighted by molar-refractivity contribution is 9.10. The minimum atomic E-state index is -0.0662. The fourth-order valence-corrected chi connectivity index (χ4v) is 7.91. The number of aliphatic hydroxyl groups is 1. The van der Waals surface area contributed by atoms with E-state index in [1.807, 2.05) is 0 Å². The minimum absolute atomic E-state index is 0.0628. The van der Waals surface area contributed by atoms with Crippen LogP contribution in [-0.2, 0) is 4.79 Å². The Balaban J connectivity index is 1.64. The fourth-order valence-electron chi connectivity index (χ4n) is 6.98. The average molecular weight is 369 g/mol. The van der Waals surface area contributed by atoms with E-state index in [0.717, 1.165) is 37.5 Å². The first-order valence-electron chi connectivity index (χ1n) is 9.23. The van der Waals surface area contributed by atoms with Crippen LogP contribution in [0.3, 0.4) is 0 Å². The topological polar surface area (TPSA) is 37.3 Å². The third-order valence-corrected chi connectivity index (χ3v) is 9.13. The van der Waals surface area contributed by atoms with Crippen LogP contribution in [-0.4, -0.2) is 21.8 Å². The van der Waals surface area contributed by atoms with Gasteiger partial charge in [-0.05, 0) is 80.5 Å². The van der Waals surface area contributed by atoms with E-state index < -0.39 is 0 Å². The lowest BCUT2D eigenvalue weighted by molar-refractivity contribution is -0.142. The molecule has 0 heterocycles. The molecule has 8 atom stereocenters. The van der Waals surface area contributed by atoms with Gasteiger partial charge in [0.2, 0.25) is 0 Å². The van der Waals surface area contributed by atoms with Crippen molar-refractivity contribution in [3.63, 3.8) is 0 Å². The fraction of sp³-hybridized carbons (Fsp3) is 0.947. The van der Waals surface area contributed by atoms with Gasteiger partial charge in [0.15, 0.2) is 5.78 Å². The molecule has 124 valence electrons. The Bertz CT molecular complexity index is 492. The highest BCUT2D eigenvalue weighted by Crippen LogP contribution is 2.65. The highest BCUT2D eigenvalue weighted by atomic mass is 79.9. The number of fused-ring (bicyclic) bond motifs is 5. The molecule has 0 aliphatic heterocycles. The summed E-state index contributed by atoms with van der Waals surface area (Å²) >= 11 is 3.65. The summed E-state index contributed by atoms with van der Waals surface area (Å²) in [5.41, 5.74) is 0.351. The van der Waals surface area contributed by atoms with Crippen LogP contribution in [0.4, 0.5) is 0 Å². The SMILES string of the molecule is C[C@]12CC[C@H](O)C[C@H]1CC[C@@H]1[C@@H]2CC[C@]2(C)C(=O)[C@H](Br)C[C@@H]12. The zero-order valence-corrected chi connectivity index (χ0v) is 15.4. The molecule has 3 heteroatoms. The molecule has 4 rings (SSSR count). The molecule has 0 saturated heterocycles. The van der Waals surface area contributed by atoms with Crippen LogP contribution in [0, 0.1) is 34.5 Å². The zero-order valence-electron chi connectivity index (χ0n) is 13.9. The summed E-state index contributed by atoms with van der Waals surface area (Å²) in [6.07, 6.45) is 9.04. The molecule has 0 radical (unpaired) electrons. The summed E-state index contributed by atoms with van der Waals surface area (Å²) in [4.78, 5) is 12.8. The van der Waals surface area contributed by atoms with Gasteiger partial charge in [0.05, 0.1) is 10.9 Å². The van der Waals surface area contributed by atoms with Gasteiger partial charge < -0.3 is 5.11 Å². The number of halogens is 1. The number of carbonyl (C=O) groups excluding carboxylic acids is 1. The lowest BCUT2D eigenvalue weighted by Crippen LogP contribution is -2.54. The lowest BCUT2D eigenvalue weighted by atomic mass is 9.45. The highest BCUT2D eigenvalue weighted by Gasteiger charge is 2.61. The van der Waals surface area contributed by atoms with Crippen molar-refractivity contribution in [1.82, 2.24) is 0 Å². The van der Waals surface area contributed by atoms with E-state index >= 15 is 0 Å². The van der Waals surface area contributed by atoms with Crippen LogP contribution in [0.1, 0.15) is 65.2 Å². The zero-order chi connectivity index (χ0) is 15.7. The van der Waals surface area contributed by atoms with Crippen molar-refractivity contribution in [2.75, 3.05) is 0 Å². The summed E-state index contributed by atoms with van der Waals surface area (Å²) in [5.74, 6) is 3.29. The number of Topliss-reactive ketones (excluding diaryl/α,β-unsaturated/α-hetero) is 1. The van der Waals surface area contributed by atoms with Crippen molar-refractivity contribution in [3.05, 3.63) is 0 Å². The van der Waals surface area contributed by atoms with Crippen molar-refractivity contribution in [2.24, 2.45) is 34.5 Å². The second kappa shape index (κ2) is 5.05. The summed E-state index contributed by atoms with van der Waals surface area (Å²) in [6, 6.07) is 0. The Morgan fingerprint density at radius 3 is 2.59 bits per heavy atom. The van der Waals surface area contributed by atoms with Gasteiger partial charge in [-0.25, -0.2) is 0 Å². The minimum Gasteiger partial charge on any atom is -0.393 e. The molecule has 0 spiro atoms. The summed E-state index contributed by atoms with van der Waals surface area (Å²) in [7, 11) is 0. The smallest absolute Gasteiger partial charge is 0.152 e. The van der Waals surface area contributed by atoms with Gasteiger partial charge in [0.1, 0.15) is 0 Å². The molecule has 0 bridgehead atoms. The first kappa shape index (κ1) is 15.6. The maximum atomic E-state index is 12.7. The van der Waals surface area contributed by atoms with Gasteiger partial charge in [-0.3, -0.25) is 4.79 Å². The first-order chi connectivity index (χ1) is 10.4. The number of aliphatic hydroxyl groups excluding tert-OH is 1. The maximum absolute atomic E-state index is 12.7. The van der Waals surface area contributed by atoms with Crippen LogP contribution < -0.4 is 0 Å². The summed E-state index contributed by atoms with van der Waals surface area (Å²) < 4.78 is 0. The van der Waals surface area contributed by atoms with Gasteiger partial charge in [0, 0.05) is 5.41 Å². The normalized spacial score (nSPS) is 57.9. The van der Waals surface area contributed by atoms with Crippen LogP contribution >= 0.6 is 15.9 Å². The van der Waals surface area contributed by atoms with Crippen LogP contribution in [0.25, 0.3) is 0 Å². The molecular formula is C19H29BrO2. The van der Waals surface area contributed by atoms with Gasteiger partial charge in [-0.15, -0.1) is 0 Å². The molecule has 4 saturated carbocycles. The number of alkyl halides is 1. The molecule has 22 heavy (non-hydrogen) atoms. The Kier molecular flexibility index (Phi) is 3.59. The Morgan fingerprint density at radius 1 is 1.05 bits per heavy atom. The van der Waals surface area contributed by atoms with Crippen molar-refractivity contribution in [3.8, 4) is 0 Å². The Morgan fingerprint density at radius 2 is 1.82 bits per heavy atom. The van der Waals surface area contributed by atoms with Crippen molar-refractivity contribution in [2.45, 2.75) is 76.1 Å². The number of hydrogen-bond donors (Lipinski definition) is 1. The number of hydrogen-bond acceptors (Lipinski definition) is 2. The van der Waals surface area contributed by atoms with E-state index in [2.05, 4.69) is 29.8 Å². The largest absolute Gasteiger partial charge is 0.393 e. The molecule has 0 aromatic rings. The molecule has 0 unspecified atom stereocenters. The second-order valence-electron chi connectivity index (χ2n) is 9.11. The van der Waals surface area contributed by atoms with Gasteiger partial charge in [-0.2, -0.15) is 0 Å². The lowest BCUT2D eigenvalue weighted by Gasteiger charge is -2.60. The summed E-state index contributed by atoms with van der Waals surface area (Å²) in [5, 5.41) is 10.1. The predicted molar refractivity (Wildman–Crippen MR) is 90.8 cm³/mol. The third-order valence-electron chi connectivity index (χ3n) is 8.34. The van der Waals surface area contributed by atoms with E-state index in [1.54, 1.807) is 0 Å². The Hall–Kier alpha value is 0.110. The van der Waals surface area contributed by atoms with Crippen LogP contribution in [0.2, 0.25) is 0 Å². The standard InChI is InChI=1S/C19H29BrO2/c1-18-7-5-12(21)9-11(18)3-4-13-14(18)6-8-19(2)15(13)10-16(20)17(19)22/h11-16,21H,3-10H2,1-2H3/t11-,12+,13-,14+,15+,16-,18+,19+/m1/s1. The molecule has 0 aromatic carbocycles. The van der Waals surface area contributed by atoms with Crippen LogP contribution in [0.5, 0.6) is 0 Å². The molecular weight excluding hydrogens is 340 g/mol. The predicted octanol–water partition coefficient (Wildman–Crippen LogP) is 4.33. The molecule has 4 fully saturated rings. The molecule has 2 nitrogen and oxygen atoms in total. The van der Waals surface area contributed by atoms with E-state index in [9.17, 15) is 9.90 Å². The van der Waals surface area contributed by atoms with E-state index in [1.165, 1.54) is 25.7 Å². The number of ketones is 1. The van der Waals surface area contributed by atoms with Gasteiger partial charge in [0.25, 0.3) is 0 Å². The monoisotopic (exact) mass is 368 g/mol. The van der Waals surface area contributed by atoms with Gasteiger partial charge >= 0.3 is 0 Å². The van der Waals surface area contributed by atoms with Crippen LogP contribution in [0.15, 0.2) is 0 Å². The first-order valence-corrected chi connectivity index (χ1v) is 10.1. The number of carbonyl (C=O) groups is 1. The molecule has 0 aromatic heterocycles. The Labute approximate surface area is 142 Å². The second-order valence-corrected chi connectivity index (χ2v) is 10.2. The van der Waals surface area contributed by atoms with Crippen molar-refractivity contribution in [1.29, 1.82) is 0 Å². The average Bonchev–Trinajstić information content (AvgIpc) is 2.72. The van der Waals surface area contributed by atoms with E-state index in [-0.39, 0.29) is 16.3 Å². The quantitative estimate of drug-likeness (QED) is 0.646. The number of rotatable bonds is 0. The van der Waals surface area contributed by atoms with E-state index in [0.29, 0.717) is 23.0 Å². The third kappa shape index (κ3) is 1.97. The van der Waals surface area contributed by atoms with Crippen molar-refractivity contribution < 1.29 is 9.90 Å².